The van der Waals surface area contributed by atoms with Gasteiger partial charge >= 0.3 is 0 Å². The summed E-state index contributed by atoms with van der Waals surface area (Å²) in [6, 6.07) is 13.9. The zero-order valence-corrected chi connectivity index (χ0v) is 12.3. The minimum absolute atomic E-state index is 0.214. The summed E-state index contributed by atoms with van der Waals surface area (Å²) < 4.78 is 0. The van der Waals surface area contributed by atoms with Crippen LogP contribution in [-0.4, -0.2) is 21.9 Å². The normalized spacial score (nSPS) is 12.0. The lowest BCUT2D eigenvalue weighted by Crippen LogP contribution is -2.37. The molecule has 0 saturated heterocycles. The van der Waals surface area contributed by atoms with Crippen molar-refractivity contribution >= 4 is 22.5 Å². The van der Waals surface area contributed by atoms with Crippen molar-refractivity contribution in [1.82, 2.24) is 9.97 Å². The van der Waals surface area contributed by atoms with Crippen LogP contribution < -0.4 is 16.6 Å². The summed E-state index contributed by atoms with van der Waals surface area (Å²) in [4.78, 5) is 30.4. The number of H-pyrrole nitrogens is 1. The van der Waals surface area contributed by atoms with Gasteiger partial charge < -0.3 is 16.0 Å². The first-order valence-corrected chi connectivity index (χ1v) is 7.21. The maximum Gasteiger partial charge on any atom is 0.258 e. The number of anilines is 1. The van der Waals surface area contributed by atoms with Gasteiger partial charge in [-0.05, 0) is 30.2 Å². The SMILES string of the molecule is NC(Cc1ccccc1)C(=O)Nc1ccc2c(=O)[nH]cnc2c1. The lowest BCUT2D eigenvalue weighted by molar-refractivity contribution is -0.117. The van der Waals surface area contributed by atoms with E-state index >= 15 is 0 Å². The van der Waals surface area contributed by atoms with Crippen molar-refractivity contribution in [2.75, 3.05) is 5.32 Å². The van der Waals surface area contributed by atoms with Crippen LogP contribution >= 0.6 is 0 Å². The van der Waals surface area contributed by atoms with Crippen molar-refractivity contribution < 1.29 is 4.79 Å². The summed E-state index contributed by atoms with van der Waals surface area (Å²) in [6.45, 7) is 0. The van der Waals surface area contributed by atoms with Gasteiger partial charge in [0.1, 0.15) is 0 Å². The molecule has 0 aliphatic heterocycles. The average molecular weight is 308 g/mol. The van der Waals surface area contributed by atoms with Gasteiger partial charge in [0.05, 0.1) is 23.3 Å². The highest BCUT2D eigenvalue weighted by Gasteiger charge is 2.14. The lowest BCUT2D eigenvalue weighted by Gasteiger charge is -2.12. The fraction of sp³-hybridized carbons (Fsp3) is 0.118. The van der Waals surface area contributed by atoms with Crippen LogP contribution in [-0.2, 0) is 11.2 Å². The Bertz CT molecular complexity index is 890. The van der Waals surface area contributed by atoms with Crippen molar-refractivity contribution in [3.8, 4) is 0 Å². The summed E-state index contributed by atoms with van der Waals surface area (Å²) in [6.07, 6.45) is 1.79. The van der Waals surface area contributed by atoms with Crippen LogP contribution in [0, 0.1) is 0 Å². The van der Waals surface area contributed by atoms with E-state index in [0.717, 1.165) is 5.56 Å². The van der Waals surface area contributed by atoms with Gasteiger partial charge in [-0.25, -0.2) is 4.98 Å². The Morgan fingerprint density at radius 2 is 2.00 bits per heavy atom. The second-order valence-corrected chi connectivity index (χ2v) is 5.25. The first-order chi connectivity index (χ1) is 11.1. The van der Waals surface area contributed by atoms with Gasteiger partial charge in [0, 0.05) is 5.69 Å². The van der Waals surface area contributed by atoms with E-state index in [4.69, 9.17) is 5.73 Å². The number of nitrogens with one attached hydrogen (secondary N) is 2. The number of hydrogen-bond acceptors (Lipinski definition) is 4. The standard InChI is InChI=1S/C17H16N4O2/c18-14(8-11-4-2-1-3-5-11)17(23)21-12-6-7-13-15(9-12)19-10-20-16(13)22/h1-7,9-10,14H,8,18H2,(H,21,23)(H,19,20,22). The predicted octanol–water partition coefficient (Wildman–Crippen LogP) is 1.43. The topological polar surface area (TPSA) is 101 Å². The minimum atomic E-state index is -0.653. The number of fused-ring (bicyclic) bond motifs is 1. The maximum absolute atomic E-state index is 12.2. The van der Waals surface area contributed by atoms with Crippen LogP contribution in [0.25, 0.3) is 10.9 Å². The zero-order valence-electron chi connectivity index (χ0n) is 12.3. The Hall–Kier alpha value is -2.99. The summed E-state index contributed by atoms with van der Waals surface area (Å²) in [5.41, 5.74) is 7.81. The molecule has 3 rings (SSSR count). The van der Waals surface area contributed by atoms with E-state index in [1.54, 1.807) is 18.2 Å². The van der Waals surface area contributed by atoms with E-state index < -0.39 is 6.04 Å². The second kappa shape index (κ2) is 6.41. The van der Waals surface area contributed by atoms with Gasteiger partial charge in [0.15, 0.2) is 0 Å². The molecule has 4 N–H and O–H groups in total. The largest absolute Gasteiger partial charge is 0.325 e. The molecule has 1 heterocycles. The monoisotopic (exact) mass is 308 g/mol. The van der Waals surface area contributed by atoms with Gasteiger partial charge in [-0.15, -0.1) is 0 Å². The fourth-order valence-corrected chi connectivity index (χ4v) is 2.34. The number of aromatic amines is 1. The number of nitrogens with zero attached hydrogens (tertiary/aromatic N) is 1. The molecular formula is C17H16N4O2. The smallest absolute Gasteiger partial charge is 0.258 e. The van der Waals surface area contributed by atoms with Crippen molar-refractivity contribution in [3.63, 3.8) is 0 Å². The highest BCUT2D eigenvalue weighted by atomic mass is 16.2. The summed E-state index contributed by atoms with van der Waals surface area (Å²) in [5, 5.41) is 3.23. The molecule has 23 heavy (non-hydrogen) atoms. The van der Waals surface area contributed by atoms with E-state index in [1.807, 2.05) is 30.3 Å². The highest BCUT2D eigenvalue weighted by Crippen LogP contribution is 2.14. The van der Waals surface area contributed by atoms with Crippen molar-refractivity contribution in [3.05, 3.63) is 70.8 Å². The van der Waals surface area contributed by atoms with Crippen LogP contribution in [0.15, 0.2) is 59.7 Å². The number of rotatable bonds is 4. The Labute approximate surface area is 132 Å². The molecule has 2 aromatic carbocycles. The van der Waals surface area contributed by atoms with Gasteiger partial charge in [-0.2, -0.15) is 0 Å². The first kappa shape index (κ1) is 14.9. The predicted molar refractivity (Wildman–Crippen MR) is 89.1 cm³/mol. The molecule has 0 spiro atoms. The van der Waals surface area contributed by atoms with E-state index in [0.29, 0.717) is 23.0 Å². The molecule has 3 aromatic rings. The molecule has 0 saturated carbocycles. The van der Waals surface area contributed by atoms with Crippen LogP contribution in [0.1, 0.15) is 5.56 Å². The number of benzene rings is 2. The summed E-state index contributed by atoms with van der Waals surface area (Å²) >= 11 is 0. The number of amides is 1. The van der Waals surface area contributed by atoms with E-state index in [-0.39, 0.29) is 11.5 Å². The second-order valence-electron chi connectivity index (χ2n) is 5.25. The molecule has 1 aromatic heterocycles. The zero-order chi connectivity index (χ0) is 16.2. The van der Waals surface area contributed by atoms with Crippen molar-refractivity contribution in [1.29, 1.82) is 0 Å². The molecule has 0 fully saturated rings. The molecule has 1 unspecified atom stereocenters. The van der Waals surface area contributed by atoms with E-state index in [1.165, 1.54) is 6.33 Å². The molecule has 6 heteroatoms. The van der Waals surface area contributed by atoms with Gasteiger partial charge in [0.2, 0.25) is 5.91 Å². The number of hydrogen-bond donors (Lipinski definition) is 3. The summed E-state index contributed by atoms with van der Waals surface area (Å²) in [5.74, 6) is -0.280. The number of nitrogens with two attached hydrogens (primary N) is 1. The average Bonchev–Trinajstić information content (AvgIpc) is 2.56. The molecule has 1 atom stereocenters. The fourth-order valence-electron chi connectivity index (χ4n) is 2.34. The maximum atomic E-state index is 12.2. The Balaban J connectivity index is 1.73. The van der Waals surface area contributed by atoms with Gasteiger partial charge in [0.25, 0.3) is 5.56 Å². The van der Waals surface area contributed by atoms with Crippen LogP contribution in [0.5, 0.6) is 0 Å². The lowest BCUT2D eigenvalue weighted by atomic mass is 10.1. The molecule has 0 bridgehead atoms. The third-order valence-electron chi connectivity index (χ3n) is 3.54. The molecule has 1 amide bonds. The number of carbonyl (C=O) groups is 1. The quantitative estimate of drug-likeness (QED) is 0.678. The molecular weight excluding hydrogens is 292 g/mol. The van der Waals surface area contributed by atoms with Crippen LogP contribution in [0.3, 0.4) is 0 Å². The third kappa shape index (κ3) is 3.44. The minimum Gasteiger partial charge on any atom is -0.325 e. The van der Waals surface area contributed by atoms with Crippen LogP contribution in [0.2, 0.25) is 0 Å². The molecule has 116 valence electrons. The molecule has 0 radical (unpaired) electrons. The van der Waals surface area contributed by atoms with Crippen molar-refractivity contribution in [2.24, 2.45) is 5.73 Å². The molecule has 6 nitrogen and oxygen atoms in total. The Morgan fingerprint density at radius 1 is 1.22 bits per heavy atom. The Kier molecular flexibility index (Phi) is 4.16. The van der Waals surface area contributed by atoms with E-state index in [2.05, 4.69) is 15.3 Å². The first-order valence-electron chi connectivity index (χ1n) is 7.21. The third-order valence-corrected chi connectivity index (χ3v) is 3.54. The van der Waals surface area contributed by atoms with Gasteiger partial charge in [-0.3, -0.25) is 9.59 Å². The summed E-state index contributed by atoms with van der Waals surface area (Å²) in [7, 11) is 0. The Morgan fingerprint density at radius 3 is 2.78 bits per heavy atom. The highest BCUT2D eigenvalue weighted by molar-refractivity contribution is 5.96. The van der Waals surface area contributed by atoms with Crippen molar-refractivity contribution in [2.45, 2.75) is 12.5 Å². The van der Waals surface area contributed by atoms with E-state index in [9.17, 15) is 9.59 Å². The van der Waals surface area contributed by atoms with Crippen LogP contribution in [0.4, 0.5) is 5.69 Å². The van der Waals surface area contributed by atoms with Gasteiger partial charge in [-0.1, -0.05) is 30.3 Å². The number of aromatic nitrogens is 2. The molecule has 0 aliphatic carbocycles. The number of carbonyl (C=O) groups excluding carboxylic acids is 1. The molecule has 0 aliphatic rings.